The molecule has 6 heteroatoms. The van der Waals surface area contributed by atoms with E-state index in [0.29, 0.717) is 17.7 Å². The van der Waals surface area contributed by atoms with Crippen molar-refractivity contribution < 1.29 is 13.9 Å². The lowest BCUT2D eigenvalue weighted by atomic mass is 9.90. The Balaban J connectivity index is 1.83. The van der Waals surface area contributed by atoms with Crippen LogP contribution in [0.1, 0.15) is 37.8 Å². The fraction of sp³-hybridized carbons (Fsp3) is 0.500. The van der Waals surface area contributed by atoms with Crippen molar-refractivity contribution in [2.45, 2.75) is 44.0 Å². The SMILES string of the molecule is CC12CC(NC(=O)N1C1CC1)c1c(ccc(Cl)c1F)O2. The molecule has 1 N–H and O–H groups in total. The van der Waals surface area contributed by atoms with E-state index in [2.05, 4.69) is 5.32 Å². The van der Waals surface area contributed by atoms with Gasteiger partial charge in [0.05, 0.1) is 16.6 Å². The second-order valence-electron chi connectivity index (χ2n) is 5.86. The lowest BCUT2D eigenvalue weighted by Crippen LogP contribution is -2.65. The predicted molar refractivity (Wildman–Crippen MR) is 71.2 cm³/mol. The molecule has 0 spiro atoms. The number of carbonyl (C=O) groups excluding carboxylic acids is 1. The van der Waals surface area contributed by atoms with E-state index in [-0.39, 0.29) is 23.1 Å². The van der Waals surface area contributed by atoms with Gasteiger partial charge in [-0.3, -0.25) is 4.90 Å². The van der Waals surface area contributed by atoms with E-state index in [0.717, 1.165) is 12.8 Å². The lowest BCUT2D eigenvalue weighted by Gasteiger charge is -2.51. The van der Waals surface area contributed by atoms with Crippen LogP contribution in [-0.4, -0.2) is 22.7 Å². The average molecular weight is 297 g/mol. The van der Waals surface area contributed by atoms with Crippen LogP contribution < -0.4 is 10.1 Å². The van der Waals surface area contributed by atoms with Crippen LogP contribution in [0.3, 0.4) is 0 Å². The van der Waals surface area contributed by atoms with E-state index in [1.165, 1.54) is 6.07 Å². The second kappa shape index (κ2) is 3.79. The van der Waals surface area contributed by atoms with Crippen LogP contribution in [0.25, 0.3) is 0 Å². The Kier molecular flexibility index (Phi) is 2.32. The van der Waals surface area contributed by atoms with Gasteiger partial charge in [0.2, 0.25) is 0 Å². The molecular weight excluding hydrogens is 283 g/mol. The number of benzene rings is 1. The molecule has 2 fully saturated rings. The van der Waals surface area contributed by atoms with Crippen molar-refractivity contribution in [3.05, 3.63) is 28.5 Å². The zero-order valence-corrected chi connectivity index (χ0v) is 11.7. The van der Waals surface area contributed by atoms with E-state index < -0.39 is 11.5 Å². The minimum atomic E-state index is -0.707. The van der Waals surface area contributed by atoms with Crippen molar-refractivity contribution in [1.82, 2.24) is 10.2 Å². The number of ether oxygens (including phenoxy) is 1. The van der Waals surface area contributed by atoms with Crippen LogP contribution in [0.5, 0.6) is 5.75 Å². The van der Waals surface area contributed by atoms with Crippen LogP contribution in [0.2, 0.25) is 5.02 Å². The minimum Gasteiger partial charge on any atom is -0.468 e. The summed E-state index contributed by atoms with van der Waals surface area (Å²) < 4.78 is 20.2. The summed E-state index contributed by atoms with van der Waals surface area (Å²) in [5, 5.41) is 2.93. The smallest absolute Gasteiger partial charge is 0.321 e. The number of rotatable bonds is 1. The molecule has 3 aliphatic rings. The molecule has 2 atom stereocenters. The van der Waals surface area contributed by atoms with Gasteiger partial charge in [0.15, 0.2) is 11.5 Å². The topological polar surface area (TPSA) is 41.6 Å². The minimum absolute atomic E-state index is 0.0508. The molecule has 1 saturated heterocycles. The molecule has 2 aliphatic heterocycles. The van der Waals surface area contributed by atoms with Gasteiger partial charge < -0.3 is 10.1 Å². The number of fused-ring (bicyclic) bond motifs is 4. The average Bonchev–Trinajstić information content (AvgIpc) is 3.17. The Morgan fingerprint density at radius 3 is 2.95 bits per heavy atom. The summed E-state index contributed by atoms with van der Waals surface area (Å²) in [6.07, 6.45) is 2.53. The van der Waals surface area contributed by atoms with Gasteiger partial charge >= 0.3 is 6.03 Å². The maximum atomic E-state index is 14.2. The van der Waals surface area contributed by atoms with Gasteiger partial charge in [-0.15, -0.1) is 0 Å². The van der Waals surface area contributed by atoms with Gasteiger partial charge in [0.1, 0.15) is 5.75 Å². The third kappa shape index (κ3) is 1.56. The largest absolute Gasteiger partial charge is 0.468 e. The molecule has 4 nitrogen and oxygen atoms in total. The molecule has 2 bridgehead atoms. The van der Waals surface area contributed by atoms with Crippen LogP contribution in [0.15, 0.2) is 12.1 Å². The molecule has 1 aromatic rings. The molecule has 0 radical (unpaired) electrons. The van der Waals surface area contributed by atoms with E-state index in [9.17, 15) is 9.18 Å². The predicted octanol–water partition coefficient (Wildman–Crippen LogP) is 3.21. The molecule has 2 amide bonds. The summed E-state index contributed by atoms with van der Waals surface area (Å²) in [5.41, 5.74) is -0.347. The Morgan fingerprint density at radius 1 is 1.50 bits per heavy atom. The number of carbonyl (C=O) groups is 1. The number of amides is 2. The molecule has 1 aromatic carbocycles. The first-order valence-electron chi connectivity index (χ1n) is 6.76. The van der Waals surface area contributed by atoms with Crippen molar-refractivity contribution in [2.24, 2.45) is 0 Å². The van der Waals surface area contributed by atoms with Gasteiger partial charge in [-0.2, -0.15) is 0 Å². The highest BCUT2D eigenvalue weighted by atomic mass is 35.5. The van der Waals surface area contributed by atoms with Crippen LogP contribution in [0.4, 0.5) is 9.18 Å². The highest BCUT2D eigenvalue weighted by Crippen LogP contribution is 2.48. The zero-order chi connectivity index (χ0) is 14.1. The first kappa shape index (κ1) is 12.3. The summed E-state index contributed by atoms with van der Waals surface area (Å²) in [6, 6.07) is 2.83. The lowest BCUT2D eigenvalue weighted by molar-refractivity contribution is -0.0885. The van der Waals surface area contributed by atoms with E-state index in [1.807, 2.05) is 6.92 Å². The monoisotopic (exact) mass is 296 g/mol. The van der Waals surface area contributed by atoms with Gasteiger partial charge in [-0.25, -0.2) is 9.18 Å². The standard InChI is InChI=1S/C14H14ClFN2O2/c1-14-6-9(17-13(19)18(14)7-2-3-7)11-10(20-14)5-4-8(15)12(11)16/h4-5,7,9H,2-3,6H2,1H3,(H,17,19). The molecule has 2 unspecified atom stereocenters. The number of nitrogens with zero attached hydrogens (tertiary/aromatic N) is 1. The number of hydrogen-bond donors (Lipinski definition) is 1. The molecule has 20 heavy (non-hydrogen) atoms. The van der Waals surface area contributed by atoms with Crippen molar-refractivity contribution in [2.75, 3.05) is 0 Å². The fourth-order valence-corrected chi connectivity index (χ4v) is 3.48. The highest BCUT2D eigenvalue weighted by molar-refractivity contribution is 6.30. The summed E-state index contributed by atoms with van der Waals surface area (Å²) in [4.78, 5) is 14.0. The molecule has 2 heterocycles. The number of hydrogen-bond acceptors (Lipinski definition) is 2. The molecule has 4 rings (SSSR count). The van der Waals surface area contributed by atoms with E-state index >= 15 is 0 Å². The first-order chi connectivity index (χ1) is 9.49. The van der Waals surface area contributed by atoms with Crippen molar-refractivity contribution in [3.63, 3.8) is 0 Å². The van der Waals surface area contributed by atoms with Gasteiger partial charge in [-0.05, 0) is 31.9 Å². The first-order valence-corrected chi connectivity index (χ1v) is 7.14. The van der Waals surface area contributed by atoms with Crippen molar-refractivity contribution in [1.29, 1.82) is 0 Å². The second-order valence-corrected chi connectivity index (χ2v) is 6.26. The van der Waals surface area contributed by atoms with E-state index in [1.54, 1.807) is 11.0 Å². The molecule has 106 valence electrons. The third-order valence-electron chi connectivity index (χ3n) is 4.29. The van der Waals surface area contributed by atoms with Crippen molar-refractivity contribution in [3.8, 4) is 5.75 Å². The number of halogens is 2. The highest BCUT2D eigenvalue weighted by Gasteiger charge is 2.54. The molecular formula is C14H14ClFN2O2. The summed E-state index contributed by atoms with van der Waals surface area (Å²) in [5.74, 6) is -0.0345. The molecule has 1 aliphatic carbocycles. The van der Waals surface area contributed by atoms with Crippen LogP contribution >= 0.6 is 11.6 Å². The quantitative estimate of drug-likeness (QED) is 0.864. The Morgan fingerprint density at radius 2 is 2.25 bits per heavy atom. The van der Waals surface area contributed by atoms with Gasteiger partial charge in [-0.1, -0.05) is 11.6 Å². The van der Waals surface area contributed by atoms with Gasteiger partial charge in [0.25, 0.3) is 0 Å². The van der Waals surface area contributed by atoms with Crippen molar-refractivity contribution >= 4 is 17.6 Å². The summed E-state index contributed by atoms with van der Waals surface area (Å²) in [6.45, 7) is 1.90. The van der Waals surface area contributed by atoms with E-state index in [4.69, 9.17) is 16.3 Å². The fourth-order valence-electron chi connectivity index (χ4n) is 3.31. The number of nitrogens with one attached hydrogen (secondary N) is 1. The Bertz CT molecular complexity index is 619. The van der Waals surface area contributed by atoms with Gasteiger partial charge in [0, 0.05) is 12.5 Å². The molecule has 0 aromatic heterocycles. The summed E-state index contributed by atoms with van der Waals surface area (Å²) in [7, 11) is 0. The normalized spacial score (nSPS) is 31.4. The Hall–Kier alpha value is -1.49. The molecule has 1 saturated carbocycles. The van der Waals surface area contributed by atoms with Crippen LogP contribution in [-0.2, 0) is 0 Å². The maximum Gasteiger partial charge on any atom is 0.321 e. The van der Waals surface area contributed by atoms with Crippen LogP contribution in [0, 0.1) is 5.82 Å². The third-order valence-corrected chi connectivity index (χ3v) is 4.58. The summed E-state index contributed by atoms with van der Waals surface area (Å²) >= 11 is 5.83. The zero-order valence-electron chi connectivity index (χ0n) is 11.0. The Labute approximate surface area is 120 Å². The number of urea groups is 1. The maximum absolute atomic E-state index is 14.2.